The van der Waals surface area contributed by atoms with Crippen LogP contribution in [0.4, 0.5) is 0 Å². The molecule has 14 nitrogen and oxygen atoms in total. The number of carbonyl (C=O) groups excluding carboxylic acids is 3. The average molecular weight is 500 g/mol. The number of carboxylic acid groups (broad SMARTS) is 2. The number of hydrogen-bond acceptors (Lipinski definition) is 7. The Bertz CT molecular complexity index is 816. The van der Waals surface area contributed by atoms with Crippen LogP contribution in [0.1, 0.15) is 52.4 Å². The van der Waals surface area contributed by atoms with Gasteiger partial charge in [-0.3, -0.25) is 24.2 Å². The molecule has 1 saturated heterocycles. The Morgan fingerprint density at radius 2 is 1.80 bits per heavy atom. The van der Waals surface area contributed by atoms with Crippen molar-refractivity contribution in [3.63, 3.8) is 0 Å². The zero-order valence-corrected chi connectivity index (χ0v) is 20.1. The highest BCUT2D eigenvalue weighted by atomic mass is 16.4. The predicted molar refractivity (Wildman–Crippen MR) is 126 cm³/mol. The van der Waals surface area contributed by atoms with Gasteiger partial charge in [-0.1, -0.05) is 20.3 Å². The highest BCUT2D eigenvalue weighted by Crippen LogP contribution is 2.20. The van der Waals surface area contributed by atoms with Crippen LogP contribution in [0, 0.1) is 5.92 Å². The monoisotopic (exact) mass is 499 g/mol. The van der Waals surface area contributed by atoms with Gasteiger partial charge in [-0.05, 0) is 31.6 Å². The van der Waals surface area contributed by atoms with Gasteiger partial charge in [0.25, 0.3) is 0 Å². The van der Waals surface area contributed by atoms with Crippen LogP contribution in [0.25, 0.3) is 0 Å². The number of nitrogens with two attached hydrogens (primary N) is 3. The number of hydrogen-bond donors (Lipinski definition) is 7. The van der Waals surface area contributed by atoms with Crippen molar-refractivity contribution in [1.29, 1.82) is 0 Å². The smallest absolute Gasteiger partial charge is 0.326 e. The molecule has 1 fully saturated rings. The molecule has 5 atom stereocenters. The Hall–Kier alpha value is -3.42. The fraction of sp³-hybridized carbons (Fsp3) is 0.714. The largest absolute Gasteiger partial charge is 0.481 e. The van der Waals surface area contributed by atoms with Crippen LogP contribution in [0.15, 0.2) is 4.99 Å². The maximum absolute atomic E-state index is 13.0. The molecule has 14 heteroatoms. The molecule has 0 saturated carbocycles. The van der Waals surface area contributed by atoms with E-state index in [0.717, 1.165) is 0 Å². The third-order valence-corrected chi connectivity index (χ3v) is 5.90. The molecule has 1 aliphatic heterocycles. The Morgan fingerprint density at radius 1 is 1.14 bits per heavy atom. The van der Waals surface area contributed by atoms with E-state index < -0.39 is 60.2 Å². The van der Waals surface area contributed by atoms with Crippen molar-refractivity contribution in [2.24, 2.45) is 28.1 Å². The number of likely N-dealkylation sites (tertiary alicyclic amines) is 1. The highest BCUT2D eigenvalue weighted by Gasteiger charge is 2.39. The predicted octanol–water partition coefficient (Wildman–Crippen LogP) is -2.07. The molecule has 3 amide bonds. The normalized spacial score (nSPS) is 18.6. The van der Waals surface area contributed by atoms with E-state index in [-0.39, 0.29) is 31.4 Å². The molecule has 0 aromatic heterocycles. The summed E-state index contributed by atoms with van der Waals surface area (Å²) < 4.78 is 0. The minimum atomic E-state index is -1.29. The number of aliphatic imine (C=N–C) groups is 1. The summed E-state index contributed by atoms with van der Waals surface area (Å²) in [4.78, 5) is 66.1. The quantitative estimate of drug-likeness (QED) is 0.0781. The van der Waals surface area contributed by atoms with E-state index in [0.29, 0.717) is 25.7 Å². The van der Waals surface area contributed by atoms with Crippen molar-refractivity contribution in [3.05, 3.63) is 0 Å². The van der Waals surface area contributed by atoms with E-state index in [1.165, 1.54) is 4.90 Å². The van der Waals surface area contributed by atoms with E-state index in [9.17, 15) is 29.1 Å². The van der Waals surface area contributed by atoms with Crippen LogP contribution >= 0.6 is 0 Å². The Labute approximate surface area is 203 Å². The minimum absolute atomic E-state index is 0.0748. The first kappa shape index (κ1) is 29.6. The molecule has 0 bridgehead atoms. The van der Waals surface area contributed by atoms with Crippen LogP contribution in [-0.4, -0.2) is 88.0 Å². The standard InChI is InChI=1S/C21H37N7O7/c1-3-11(2)16(18(32)26-13(20(34)35)6-4-8-25-21(23)24)27-17(31)14-7-5-9-28(14)19(33)12(22)10-15(29)30/h11-14,16H,3-10,22H2,1-2H3,(H,26,32)(H,27,31)(H,29,30)(H,34,35)(H4,23,24,25). The molecule has 1 heterocycles. The van der Waals surface area contributed by atoms with Crippen molar-refractivity contribution >= 4 is 35.6 Å². The molecule has 0 radical (unpaired) electrons. The first-order valence-corrected chi connectivity index (χ1v) is 11.6. The van der Waals surface area contributed by atoms with Gasteiger partial charge < -0.3 is 42.9 Å². The summed E-state index contributed by atoms with van der Waals surface area (Å²) in [5, 5.41) is 23.5. The second-order valence-corrected chi connectivity index (χ2v) is 8.61. The van der Waals surface area contributed by atoms with Gasteiger partial charge in [0, 0.05) is 13.1 Å². The number of nitrogens with zero attached hydrogens (tertiary/aromatic N) is 2. The summed E-state index contributed by atoms with van der Waals surface area (Å²) in [6.07, 6.45) is 1.17. The molecule has 0 aromatic carbocycles. The first-order chi connectivity index (χ1) is 16.4. The summed E-state index contributed by atoms with van der Waals surface area (Å²) in [5.41, 5.74) is 16.2. The highest BCUT2D eigenvalue weighted by molar-refractivity contribution is 5.95. The number of amides is 3. The number of carboxylic acids is 2. The van der Waals surface area contributed by atoms with Crippen molar-refractivity contribution in [1.82, 2.24) is 15.5 Å². The molecular weight excluding hydrogens is 462 g/mol. The van der Waals surface area contributed by atoms with E-state index in [1.54, 1.807) is 6.92 Å². The average Bonchev–Trinajstić information content (AvgIpc) is 3.27. The molecule has 0 spiro atoms. The Morgan fingerprint density at radius 3 is 2.34 bits per heavy atom. The summed E-state index contributed by atoms with van der Waals surface area (Å²) >= 11 is 0. The van der Waals surface area contributed by atoms with Gasteiger partial charge in [-0.15, -0.1) is 0 Å². The zero-order chi connectivity index (χ0) is 26.7. The van der Waals surface area contributed by atoms with Crippen molar-refractivity contribution in [3.8, 4) is 0 Å². The summed E-state index contributed by atoms with van der Waals surface area (Å²) in [6, 6.07) is -4.45. The fourth-order valence-electron chi connectivity index (χ4n) is 3.77. The van der Waals surface area contributed by atoms with Gasteiger partial charge >= 0.3 is 11.9 Å². The number of aliphatic carboxylic acids is 2. The maximum atomic E-state index is 13.0. The Kier molecular flexibility index (Phi) is 11.9. The molecule has 1 rings (SSSR count). The van der Waals surface area contributed by atoms with Crippen LogP contribution in [0.3, 0.4) is 0 Å². The molecule has 0 aromatic rings. The SMILES string of the molecule is CCC(C)C(NC(=O)C1CCCN1C(=O)C(N)CC(=O)O)C(=O)NC(CCCN=C(N)N)C(=O)O. The van der Waals surface area contributed by atoms with Crippen LogP contribution in [0.5, 0.6) is 0 Å². The van der Waals surface area contributed by atoms with Gasteiger partial charge in [0.05, 0.1) is 12.5 Å². The fourth-order valence-corrected chi connectivity index (χ4v) is 3.77. The van der Waals surface area contributed by atoms with Crippen LogP contribution in [0.2, 0.25) is 0 Å². The van der Waals surface area contributed by atoms with Crippen LogP contribution in [-0.2, 0) is 24.0 Å². The van der Waals surface area contributed by atoms with Crippen LogP contribution < -0.4 is 27.8 Å². The number of nitrogens with one attached hydrogen (secondary N) is 2. The van der Waals surface area contributed by atoms with Gasteiger partial charge in [-0.2, -0.15) is 0 Å². The third kappa shape index (κ3) is 9.39. The topological polar surface area (TPSA) is 244 Å². The number of guanidine groups is 1. The summed E-state index contributed by atoms with van der Waals surface area (Å²) in [7, 11) is 0. The second kappa shape index (κ2) is 14.1. The minimum Gasteiger partial charge on any atom is -0.481 e. The summed E-state index contributed by atoms with van der Waals surface area (Å²) in [5.74, 6) is -4.83. The summed E-state index contributed by atoms with van der Waals surface area (Å²) in [6.45, 7) is 3.99. The van der Waals surface area contributed by atoms with Gasteiger partial charge in [0.2, 0.25) is 17.7 Å². The zero-order valence-electron chi connectivity index (χ0n) is 20.1. The van der Waals surface area contributed by atoms with Gasteiger partial charge in [0.15, 0.2) is 5.96 Å². The van der Waals surface area contributed by atoms with E-state index in [4.69, 9.17) is 22.3 Å². The molecule has 198 valence electrons. The second-order valence-electron chi connectivity index (χ2n) is 8.61. The lowest BCUT2D eigenvalue weighted by Crippen LogP contribution is -2.58. The lowest BCUT2D eigenvalue weighted by molar-refractivity contribution is -0.144. The Balaban J connectivity index is 2.90. The van der Waals surface area contributed by atoms with Gasteiger partial charge in [0.1, 0.15) is 18.1 Å². The lowest BCUT2D eigenvalue weighted by atomic mass is 9.97. The number of rotatable bonds is 14. The molecule has 0 aliphatic carbocycles. The van der Waals surface area contributed by atoms with Gasteiger partial charge in [-0.25, -0.2) is 4.79 Å². The third-order valence-electron chi connectivity index (χ3n) is 5.90. The first-order valence-electron chi connectivity index (χ1n) is 11.6. The van der Waals surface area contributed by atoms with E-state index in [2.05, 4.69) is 15.6 Å². The molecule has 10 N–H and O–H groups in total. The van der Waals surface area contributed by atoms with Crippen molar-refractivity contribution in [2.45, 2.75) is 76.5 Å². The van der Waals surface area contributed by atoms with E-state index in [1.807, 2.05) is 6.92 Å². The lowest BCUT2D eigenvalue weighted by Gasteiger charge is -2.30. The maximum Gasteiger partial charge on any atom is 0.326 e. The van der Waals surface area contributed by atoms with E-state index >= 15 is 0 Å². The molecule has 1 aliphatic rings. The van der Waals surface area contributed by atoms with Crippen molar-refractivity contribution < 1.29 is 34.2 Å². The number of carbonyl (C=O) groups is 5. The molecule has 35 heavy (non-hydrogen) atoms. The molecular formula is C21H37N7O7. The molecule has 5 unspecified atom stereocenters. The van der Waals surface area contributed by atoms with Crippen molar-refractivity contribution in [2.75, 3.05) is 13.1 Å².